The molecule has 0 saturated heterocycles. The summed E-state index contributed by atoms with van der Waals surface area (Å²) in [7, 11) is 0. The molecule has 1 aliphatic rings. The molecule has 1 fully saturated rings. The van der Waals surface area contributed by atoms with Gasteiger partial charge >= 0.3 is 0 Å². The van der Waals surface area contributed by atoms with Crippen LogP contribution in [0.25, 0.3) is 0 Å². The first-order valence-electron chi connectivity index (χ1n) is 7.03. The van der Waals surface area contributed by atoms with Crippen molar-refractivity contribution in [1.82, 2.24) is 5.32 Å². The molecular formula is C15H31NS. The monoisotopic (exact) mass is 257 g/mol. The van der Waals surface area contributed by atoms with E-state index >= 15 is 0 Å². The Balaban J connectivity index is 2.58. The molecule has 0 bridgehead atoms. The lowest BCUT2D eigenvalue weighted by Crippen LogP contribution is -2.48. The predicted octanol–water partition coefficient (Wildman–Crippen LogP) is 4.32. The minimum absolute atomic E-state index is 0.497. The second-order valence-electron chi connectivity index (χ2n) is 7.34. The fourth-order valence-corrected chi connectivity index (χ4v) is 4.52. The van der Waals surface area contributed by atoms with Gasteiger partial charge in [-0.1, -0.05) is 34.6 Å². The summed E-state index contributed by atoms with van der Waals surface area (Å²) in [6.45, 7) is 12.0. The van der Waals surface area contributed by atoms with Gasteiger partial charge in [0.2, 0.25) is 0 Å². The Morgan fingerprint density at radius 1 is 1.18 bits per heavy atom. The van der Waals surface area contributed by atoms with E-state index < -0.39 is 0 Å². The van der Waals surface area contributed by atoms with Crippen molar-refractivity contribution in [2.24, 2.45) is 10.8 Å². The van der Waals surface area contributed by atoms with Gasteiger partial charge in [-0.05, 0) is 42.8 Å². The lowest BCUT2D eigenvalue weighted by Gasteiger charge is -2.46. The lowest BCUT2D eigenvalue weighted by molar-refractivity contribution is 0.0812. The molecule has 2 heteroatoms. The molecule has 1 unspecified atom stereocenters. The highest BCUT2D eigenvalue weighted by molar-refractivity contribution is 7.98. The van der Waals surface area contributed by atoms with E-state index in [1.165, 1.54) is 31.4 Å². The highest BCUT2D eigenvalue weighted by atomic mass is 32.2. The molecule has 1 nitrogen and oxygen atoms in total. The smallest absolute Gasteiger partial charge is 0.0158 e. The van der Waals surface area contributed by atoms with E-state index in [-0.39, 0.29) is 0 Å². The molecule has 1 atom stereocenters. The van der Waals surface area contributed by atoms with Crippen molar-refractivity contribution in [3.63, 3.8) is 0 Å². The van der Waals surface area contributed by atoms with E-state index in [2.05, 4.69) is 46.2 Å². The van der Waals surface area contributed by atoms with Gasteiger partial charge in [-0.15, -0.1) is 0 Å². The van der Waals surface area contributed by atoms with E-state index in [9.17, 15) is 0 Å². The summed E-state index contributed by atoms with van der Waals surface area (Å²) in [5, 5.41) is 3.90. The third kappa shape index (κ3) is 5.21. The summed E-state index contributed by atoms with van der Waals surface area (Å²) in [6, 6.07) is 1.41. The highest BCUT2D eigenvalue weighted by Gasteiger charge is 2.38. The number of hydrogen-bond acceptors (Lipinski definition) is 2. The van der Waals surface area contributed by atoms with Crippen LogP contribution in [0.1, 0.15) is 60.3 Å². The van der Waals surface area contributed by atoms with Crippen LogP contribution < -0.4 is 5.32 Å². The first-order valence-corrected chi connectivity index (χ1v) is 8.42. The van der Waals surface area contributed by atoms with Gasteiger partial charge < -0.3 is 5.32 Å². The van der Waals surface area contributed by atoms with Crippen molar-refractivity contribution in [2.75, 3.05) is 12.0 Å². The van der Waals surface area contributed by atoms with Crippen molar-refractivity contribution in [3.05, 3.63) is 0 Å². The normalized spacial score (nSPS) is 25.8. The highest BCUT2D eigenvalue weighted by Crippen LogP contribution is 2.45. The minimum Gasteiger partial charge on any atom is -0.310 e. The zero-order chi connectivity index (χ0) is 13.1. The molecule has 0 aromatic carbocycles. The number of thioether (sulfide) groups is 1. The zero-order valence-corrected chi connectivity index (χ0v) is 13.4. The number of hydrogen-bond donors (Lipinski definition) is 1. The van der Waals surface area contributed by atoms with Gasteiger partial charge in [-0.2, -0.15) is 11.8 Å². The summed E-state index contributed by atoms with van der Waals surface area (Å²) in [5.74, 6) is 1.24. The molecule has 0 aromatic heterocycles. The van der Waals surface area contributed by atoms with Gasteiger partial charge in [0.05, 0.1) is 0 Å². The summed E-state index contributed by atoms with van der Waals surface area (Å²) >= 11 is 1.96. The maximum absolute atomic E-state index is 3.90. The average molecular weight is 257 g/mol. The molecule has 0 radical (unpaired) electrons. The Morgan fingerprint density at radius 2 is 1.71 bits per heavy atom. The molecule has 1 aliphatic carbocycles. The topological polar surface area (TPSA) is 12.0 Å². The van der Waals surface area contributed by atoms with Gasteiger partial charge in [-0.3, -0.25) is 0 Å². The van der Waals surface area contributed by atoms with Gasteiger partial charge in [0.15, 0.2) is 0 Å². The van der Waals surface area contributed by atoms with Crippen molar-refractivity contribution >= 4 is 11.8 Å². The Kier molecular flexibility index (Phi) is 5.39. The molecular weight excluding hydrogens is 226 g/mol. The predicted molar refractivity (Wildman–Crippen MR) is 80.8 cm³/mol. The van der Waals surface area contributed by atoms with Crippen LogP contribution in [-0.2, 0) is 0 Å². The fourth-order valence-electron chi connectivity index (χ4n) is 3.78. The first-order chi connectivity index (χ1) is 7.78. The standard InChI is InChI=1S/C15H31NS/c1-7-12(10-17-6)16-13-8-14(2,3)11-15(4,5)9-13/h12-13,16H,7-11H2,1-6H3. The fraction of sp³-hybridized carbons (Fsp3) is 1.00. The summed E-state index contributed by atoms with van der Waals surface area (Å²) in [5.41, 5.74) is 0.994. The van der Waals surface area contributed by atoms with Gasteiger partial charge in [0.1, 0.15) is 0 Å². The first kappa shape index (κ1) is 15.4. The maximum atomic E-state index is 3.90. The van der Waals surface area contributed by atoms with Crippen molar-refractivity contribution < 1.29 is 0 Å². The van der Waals surface area contributed by atoms with Gasteiger partial charge in [0.25, 0.3) is 0 Å². The lowest BCUT2D eigenvalue weighted by atomic mass is 9.63. The third-order valence-electron chi connectivity index (χ3n) is 3.89. The van der Waals surface area contributed by atoms with Crippen LogP contribution in [0.15, 0.2) is 0 Å². The Bertz CT molecular complexity index is 219. The molecule has 0 amide bonds. The van der Waals surface area contributed by atoms with Crippen LogP contribution in [0.5, 0.6) is 0 Å². The SMILES string of the molecule is CCC(CSC)NC1CC(C)(C)CC(C)(C)C1. The quantitative estimate of drug-likeness (QED) is 0.787. The molecule has 0 aliphatic heterocycles. The number of rotatable bonds is 5. The Labute approximate surface area is 113 Å². The summed E-state index contributed by atoms with van der Waals surface area (Å²) in [6.07, 6.45) is 7.48. The summed E-state index contributed by atoms with van der Waals surface area (Å²) < 4.78 is 0. The summed E-state index contributed by atoms with van der Waals surface area (Å²) in [4.78, 5) is 0. The van der Waals surface area contributed by atoms with Crippen LogP contribution in [0.3, 0.4) is 0 Å². The van der Waals surface area contributed by atoms with Crippen LogP contribution in [0.4, 0.5) is 0 Å². The molecule has 1 saturated carbocycles. The second-order valence-corrected chi connectivity index (χ2v) is 8.25. The molecule has 1 N–H and O–H groups in total. The number of nitrogens with one attached hydrogen (secondary N) is 1. The molecule has 0 aromatic rings. The zero-order valence-electron chi connectivity index (χ0n) is 12.6. The third-order valence-corrected chi connectivity index (χ3v) is 4.62. The van der Waals surface area contributed by atoms with E-state index in [0.717, 1.165) is 0 Å². The van der Waals surface area contributed by atoms with E-state index in [0.29, 0.717) is 22.9 Å². The van der Waals surface area contributed by atoms with Crippen molar-refractivity contribution in [2.45, 2.75) is 72.4 Å². The van der Waals surface area contributed by atoms with E-state index in [1.54, 1.807) is 0 Å². The molecule has 0 spiro atoms. The van der Waals surface area contributed by atoms with Crippen molar-refractivity contribution in [1.29, 1.82) is 0 Å². The van der Waals surface area contributed by atoms with Gasteiger partial charge in [0, 0.05) is 17.8 Å². The second kappa shape index (κ2) is 5.97. The molecule has 0 heterocycles. The van der Waals surface area contributed by atoms with E-state index in [1.807, 2.05) is 11.8 Å². The average Bonchev–Trinajstić information content (AvgIpc) is 2.11. The molecule has 17 heavy (non-hydrogen) atoms. The Hall–Kier alpha value is 0.310. The van der Waals surface area contributed by atoms with E-state index in [4.69, 9.17) is 0 Å². The minimum atomic E-state index is 0.497. The van der Waals surface area contributed by atoms with Crippen LogP contribution in [-0.4, -0.2) is 24.1 Å². The van der Waals surface area contributed by atoms with Crippen LogP contribution in [0, 0.1) is 10.8 Å². The molecule has 1 rings (SSSR count). The molecule has 102 valence electrons. The van der Waals surface area contributed by atoms with Crippen LogP contribution in [0.2, 0.25) is 0 Å². The Morgan fingerprint density at radius 3 is 2.12 bits per heavy atom. The van der Waals surface area contributed by atoms with Crippen molar-refractivity contribution in [3.8, 4) is 0 Å². The maximum Gasteiger partial charge on any atom is 0.0158 e. The van der Waals surface area contributed by atoms with Crippen LogP contribution >= 0.6 is 11.8 Å². The largest absolute Gasteiger partial charge is 0.310 e. The van der Waals surface area contributed by atoms with Gasteiger partial charge in [-0.25, -0.2) is 0 Å².